The van der Waals surface area contributed by atoms with E-state index in [2.05, 4.69) is 6.92 Å². The molecule has 0 aliphatic heterocycles. The van der Waals surface area contributed by atoms with E-state index >= 15 is 0 Å². The average molecular weight is 178 g/mol. The molecular weight excluding hydrogens is 164 g/mol. The summed E-state index contributed by atoms with van der Waals surface area (Å²) in [6.45, 7) is 1.73. The van der Waals surface area contributed by atoms with Crippen molar-refractivity contribution in [2.45, 2.75) is 19.8 Å². The molecule has 0 heterocycles. The summed E-state index contributed by atoms with van der Waals surface area (Å²) in [5.41, 5.74) is 2.23. The van der Waals surface area contributed by atoms with Gasteiger partial charge in [-0.1, -0.05) is 31.2 Å². The Morgan fingerprint density at radius 2 is 1.77 bits per heavy atom. The molecule has 1 rings (SSSR count). The highest BCUT2D eigenvalue weighted by molar-refractivity contribution is 5.81. The maximum absolute atomic E-state index is 10.9. The first kappa shape index (κ1) is 9.93. The molecule has 2 heteroatoms. The van der Waals surface area contributed by atoms with Crippen molar-refractivity contribution in [1.29, 1.82) is 0 Å². The quantitative estimate of drug-likeness (QED) is 0.755. The first-order valence-corrected chi connectivity index (χ1v) is 4.46. The van der Waals surface area contributed by atoms with Crippen molar-refractivity contribution < 1.29 is 9.90 Å². The summed E-state index contributed by atoms with van der Waals surface area (Å²) in [7, 11) is 0. The predicted octanol–water partition coefficient (Wildman–Crippen LogP) is 1.35. The number of rotatable bonds is 4. The molecule has 70 valence electrons. The molecular formula is C11H14O2. The maximum Gasteiger partial charge on any atom is 0.162 e. The van der Waals surface area contributed by atoms with Crippen LogP contribution in [0.2, 0.25) is 0 Å². The van der Waals surface area contributed by atoms with Gasteiger partial charge in [-0.25, -0.2) is 0 Å². The number of hydrogen-bond donors (Lipinski definition) is 1. The van der Waals surface area contributed by atoms with Gasteiger partial charge in [0.2, 0.25) is 0 Å². The molecule has 0 unspecified atom stereocenters. The lowest BCUT2D eigenvalue weighted by molar-refractivity contribution is -0.121. The van der Waals surface area contributed by atoms with Crippen LogP contribution in [0.1, 0.15) is 18.1 Å². The summed E-state index contributed by atoms with van der Waals surface area (Å²) in [6.07, 6.45) is 1.34. The van der Waals surface area contributed by atoms with Crippen LogP contribution in [0.5, 0.6) is 0 Å². The number of aryl methyl sites for hydroxylation is 1. The van der Waals surface area contributed by atoms with Gasteiger partial charge in [0.05, 0.1) is 0 Å². The normalized spacial score (nSPS) is 10.0. The van der Waals surface area contributed by atoms with Gasteiger partial charge in [0, 0.05) is 6.42 Å². The zero-order chi connectivity index (χ0) is 9.68. The van der Waals surface area contributed by atoms with Crippen molar-refractivity contribution in [3.05, 3.63) is 35.4 Å². The van der Waals surface area contributed by atoms with E-state index < -0.39 is 0 Å². The lowest BCUT2D eigenvalue weighted by atomic mass is 10.1. The number of carbonyl (C=O) groups excluding carboxylic acids is 1. The van der Waals surface area contributed by atoms with Crippen LogP contribution in [0.25, 0.3) is 0 Å². The van der Waals surface area contributed by atoms with Gasteiger partial charge < -0.3 is 5.11 Å². The molecule has 0 aromatic heterocycles. The Hall–Kier alpha value is -1.15. The van der Waals surface area contributed by atoms with Crippen molar-refractivity contribution >= 4 is 5.78 Å². The maximum atomic E-state index is 10.9. The van der Waals surface area contributed by atoms with Gasteiger partial charge in [-0.15, -0.1) is 0 Å². The van der Waals surface area contributed by atoms with Crippen LogP contribution in [0, 0.1) is 0 Å². The lowest BCUT2D eigenvalue weighted by Gasteiger charge is -2.00. The Labute approximate surface area is 78.2 Å². The minimum atomic E-state index is -0.366. The Morgan fingerprint density at radius 3 is 2.23 bits per heavy atom. The molecule has 0 aliphatic rings. The van der Waals surface area contributed by atoms with Crippen LogP contribution in [-0.4, -0.2) is 17.5 Å². The van der Waals surface area contributed by atoms with Gasteiger partial charge >= 0.3 is 0 Å². The van der Waals surface area contributed by atoms with Crippen molar-refractivity contribution in [1.82, 2.24) is 0 Å². The van der Waals surface area contributed by atoms with Crippen LogP contribution in [0.15, 0.2) is 24.3 Å². The number of aliphatic hydroxyl groups excluding tert-OH is 1. The minimum absolute atomic E-state index is 0.135. The van der Waals surface area contributed by atoms with Crippen LogP contribution in [0.3, 0.4) is 0 Å². The van der Waals surface area contributed by atoms with Gasteiger partial charge in [-0.2, -0.15) is 0 Å². The lowest BCUT2D eigenvalue weighted by Crippen LogP contribution is -2.07. The molecule has 1 N–H and O–H groups in total. The van der Waals surface area contributed by atoms with E-state index in [0.29, 0.717) is 6.42 Å². The number of carbonyl (C=O) groups is 1. The summed E-state index contributed by atoms with van der Waals surface area (Å²) in [6, 6.07) is 7.90. The number of ketones is 1. The van der Waals surface area contributed by atoms with Crippen LogP contribution >= 0.6 is 0 Å². The monoisotopic (exact) mass is 178 g/mol. The Kier molecular flexibility index (Phi) is 3.65. The third kappa shape index (κ3) is 2.99. The van der Waals surface area contributed by atoms with Gasteiger partial charge in [0.15, 0.2) is 5.78 Å². The van der Waals surface area contributed by atoms with E-state index in [1.165, 1.54) is 5.56 Å². The van der Waals surface area contributed by atoms with Crippen LogP contribution in [0.4, 0.5) is 0 Å². The smallest absolute Gasteiger partial charge is 0.162 e. The average Bonchev–Trinajstić information content (AvgIpc) is 2.19. The highest BCUT2D eigenvalue weighted by atomic mass is 16.3. The Morgan fingerprint density at radius 1 is 1.23 bits per heavy atom. The fourth-order valence-corrected chi connectivity index (χ4v) is 1.18. The largest absolute Gasteiger partial charge is 0.389 e. The molecule has 0 saturated heterocycles. The predicted molar refractivity (Wildman–Crippen MR) is 51.6 cm³/mol. The SMILES string of the molecule is CCc1ccc(CC(=O)CO)cc1. The van der Waals surface area contributed by atoms with Crippen LogP contribution < -0.4 is 0 Å². The van der Waals surface area contributed by atoms with Gasteiger partial charge in [0.25, 0.3) is 0 Å². The fraction of sp³-hybridized carbons (Fsp3) is 0.364. The summed E-state index contributed by atoms with van der Waals surface area (Å²) >= 11 is 0. The third-order valence-electron chi connectivity index (χ3n) is 2.01. The van der Waals surface area contributed by atoms with E-state index in [9.17, 15) is 4.79 Å². The van der Waals surface area contributed by atoms with Crippen molar-refractivity contribution in [3.8, 4) is 0 Å². The van der Waals surface area contributed by atoms with Gasteiger partial charge in [-0.3, -0.25) is 4.79 Å². The molecule has 0 spiro atoms. The zero-order valence-corrected chi connectivity index (χ0v) is 7.79. The molecule has 0 saturated carbocycles. The molecule has 0 radical (unpaired) electrons. The van der Waals surface area contributed by atoms with E-state index in [1.54, 1.807) is 0 Å². The Bertz CT molecular complexity index is 275. The minimum Gasteiger partial charge on any atom is -0.389 e. The first-order chi connectivity index (χ1) is 6.26. The van der Waals surface area contributed by atoms with Gasteiger partial charge in [-0.05, 0) is 17.5 Å². The van der Waals surface area contributed by atoms with Crippen molar-refractivity contribution in [2.24, 2.45) is 0 Å². The number of hydrogen-bond acceptors (Lipinski definition) is 2. The molecule has 13 heavy (non-hydrogen) atoms. The highest BCUT2D eigenvalue weighted by Gasteiger charge is 2.00. The first-order valence-electron chi connectivity index (χ1n) is 4.46. The van der Waals surface area contributed by atoms with E-state index in [1.807, 2.05) is 24.3 Å². The summed E-state index contributed by atoms with van der Waals surface area (Å²) in [5.74, 6) is -0.135. The number of aliphatic hydroxyl groups is 1. The second kappa shape index (κ2) is 4.77. The molecule has 0 fully saturated rings. The molecule has 0 amide bonds. The van der Waals surface area contributed by atoms with E-state index in [-0.39, 0.29) is 12.4 Å². The summed E-state index contributed by atoms with van der Waals surface area (Å²) in [5, 5.41) is 8.55. The summed E-state index contributed by atoms with van der Waals surface area (Å²) < 4.78 is 0. The molecule has 1 aromatic carbocycles. The van der Waals surface area contributed by atoms with E-state index in [4.69, 9.17) is 5.11 Å². The van der Waals surface area contributed by atoms with Gasteiger partial charge in [0.1, 0.15) is 6.61 Å². The number of benzene rings is 1. The molecule has 0 bridgehead atoms. The Balaban J connectivity index is 2.64. The van der Waals surface area contributed by atoms with E-state index in [0.717, 1.165) is 12.0 Å². The van der Waals surface area contributed by atoms with Crippen LogP contribution in [-0.2, 0) is 17.6 Å². The second-order valence-corrected chi connectivity index (χ2v) is 3.04. The third-order valence-corrected chi connectivity index (χ3v) is 2.01. The number of Topliss-reactive ketones (excluding diaryl/α,β-unsaturated/α-hetero) is 1. The molecule has 1 aromatic rings. The van der Waals surface area contributed by atoms with Crippen molar-refractivity contribution in [3.63, 3.8) is 0 Å². The molecule has 2 nitrogen and oxygen atoms in total. The second-order valence-electron chi connectivity index (χ2n) is 3.04. The highest BCUT2D eigenvalue weighted by Crippen LogP contribution is 2.05. The zero-order valence-electron chi connectivity index (χ0n) is 7.79. The molecule has 0 atom stereocenters. The standard InChI is InChI=1S/C11H14O2/c1-2-9-3-5-10(6-4-9)7-11(13)8-12/h3-6,12H,2,7-8H2,1H3. The fourth-order valence-electron chi connectivity index (χ4n) is 1.18. The molecule has 0 aliphatic carbocycles. The summed E-state index contributed by atoms with van der Waals surface area (Å²) in [4.78, 5) is 10.9. The topological polar surface area (TPSA) is 37.3 Å². The van der Waals surface area contributed by atoms with Crippen molar-refractivity contribution in [2.75, 3.05) is 6.61 Å².